The summed E-state index contributed by atoms with van der Waals surface area (Å²) in [5.41, 5.74) is 1.44. The standard InChI is InChI=1S/C22H16BrN3O5/c1-31-19(27)12-25-11-13(16-4-2-3-5-18(16)25)10-17-20(28)24-22(30)26(21(17)29)15-8-6-14(23)7-9-15/h2-11H,12H2,1H3,(H,24,28,30). The number of amides is 4. The van der Waals surface area contributed by atoms with Crippen molar-refractivity contribution in [1.29, 1.82) is 0 Å². The van der Waals surface area contributed by atoms with Crippen LogP contribution in [-0.2, 0) is 25.7 Å². The Kier molecular flexibility index (Phi) is 5.43. The number of nitrogens with zero attached hydrogens (tertiary/aromatic N) is 2. The zero-order valence-electron chi connectivity index (χ0n) is 16.3. The molecule has 3 aromatic rings. The van der Waals surface area contributed by atoms with E-state index in [2.05, 4.69) is 21.2 Å². The number of methoxy groups -OCH3 is 1. The first-order chi connectivity index (χ1) is 14.9. The van der Waals surface area contributed by atoms with Gasteiger partial charge in [-0.15, -0.1) is 0 Å². The van der Waals surface area contributed by atoms with Crippen LogP contribution in [0.5, 0.6) is 0 Å². The van der Waals surface area contributed by atoms with Crippen molar-refractivity contribution in [2.75, 3.05) is 12.0 Å². The lowest BCUT2D eigenvalue weighted by Gasteiger charge is -2.26. The number of urea groups is 1. The number of rotatable bonds is 4. The first-order valence-corrected chi connectivity index (χ1v) is 10.00. The first-order valence-electron chi connectivity index (χ1n) is 9.21. The minimum Gasteiger partial charge on any atom is -0.468 e. The van der Waals surface area contributed by atoms with Gasteiger partial charge in [0.2, 0.25) is 0 Å². The summed E-state index contributed by atoms with van der Waals surface area (Å²) < 4.78 is 7.20. The predicted molar refractivity (Wildman–Crippen MR) is 117 cm³/mol. The van der Waals surface area contributed by atoms with Crippen LogP contribution in [0.1, 0.15) is 5.56 Å². The molecule has 0 spiro atoms. The van der Waals surface area contributed by atoms with Crippen molar-refractivity contribution >= 4 is 62.4 Å². The third-order valence-electron chi connectivity index (χ3n) is 4.83. The molecule has 0 aliphatic carbocycles. The number of benzene rings is 2. The minimum absolute atomic E-state index is 0.0240. The number of fused-ring (bicyclic) bond motifs is 1. The van der Waals surface area contributed by atoms with E-state index in [4.69, 9.17) is 4.74 Å². The fourth-order valence-corrected chi connectivity index (χ4v) is 3.63. The Hall–Kier alpha value is -3.72. The van der Waals surface area contributed by atoms with Gasteiger partial charge < -0.3 is 9.30 Å². The number of barbiturate groups is 1. The van der Waals surface area contributed by atoms with Gasteiger partial charge in [0.15, 0.2) is 0 Å². The van der Waals surface area contributed by atoms with E-state index in [1.807, 2.05) is 24.3 Å². The molecule has 2 heterocycles. The number of hydrogen-bond acceptors (Lipinski definition) is 5. The second-order valence-corrected chi connectivity index (χ2v) is 7.66. The number of ether oxygens (including phenoxy) is 1. The number of anilines is 1. The molecule has 0 atom stereocenters. The number of aromatic nitrogens is 1. The van der Waals surface area contributed by atoms with Crippen molar-refractivity contribution < 1.29 is 23.9 Å². The van der Waals surface area contributed by atoms with Crippen molar-refractivity contribution in [3.8, 4) is 0 Å². The van der Waals surface area contributed by atoms with Crippen LogP contribution < -0.4 is 10.2 Å². The van der Waals surface area contributed by atoms with E-state index in [-0.39, 0.29) is 12.1 Å². The quantitative estimate of drug-likeness (QED) is 0.350. The SMILES string of the molecule is COC(=O)Cn1cc(C=C2C(=O)NC(=O)N(c3ccc(Br)cc3)C2=O)c2ccccc21. The summed E-state index contributed by atoms with van der Waals surface area (Å²) in [7, 11) is 1.30. The Bertz CT molecular complexity index is 1260. The van der Waals surface area contributed by atoms with Crippen molar-refractivity contribution in [2.24, 2.45) is 0 Å². The maximum Gasteiger partial charge on any atom is 0.335 e. The number of carbonyl (C=O) groups excluding carboxylic acids is 4. The molecule has 156 valence electrons. The number of nitrogens with one attached hydrogen (secondary N) is 1. The van der Waals surface area contributed by atoms with Crippen molar-refractivity contribution in [1.82, 2.24) is 9.88 Å². The number of esters is 1. The van der Waals surface area contributed by atoms with Crippen molar-refractivity contribution in [3.63, 3.8) is 0 Å². The summed E-state index contributed by atoms with van der Waals surface area (Å²) in [5, 5.41) is 2.95. The van der Waals surface area contributed by atoms with E-state index in [0.29, 0.717) is 11.3 Å². The van der Waals surface area contributed by atoms with Gasteiger partial charge in [-0.25, -0.2) is 9.69 Å². The van der Waals surface area contributed by atoms with E-state index in [9.17, 15) is 19.2 Å². The Morgan fingerprint density at radius 3 is 2.52 bits per heavy atom. The smallest absolute Gasteiger partial charge is 0.335 e. The molecule has 1 N–H and O–H groups in total. The van der Waals surface area contributed by atoms with E-state index >= 15 is 0 Å². The molecular weight excluding hydrogens is 466 g/mol. The average Bonchev–Trinajstić information content (AvgIpc) is 3.09. The molecule has 1 aliphatic rings. The summed E-state index contributed by atoms with van der Waals surface area (Å²) in [6.07, 6.45) is 3.08. The van der Waals surface area contributed by atoms with E-state index in [0.717, 1.165) is 20.3 Å². The number of halogens is 1. The van der Waals surface area contributed by atoms with E-state index in [1.165, 1.54) is 13.2 Å². The zero-order chi connectivity index (χ0) is 22.1. The molecule has 1 aliphatic heterocycles. The van der Waals surface area contributed by atoms with Gasteiger partial charge in [0, 0.05) is 27.1 Å². The minimum atomic E-state index is -0.817. The fraction of sp³-hybridized carbons (Fsp3) is 0.0909. The van der Waals surface area contributed by atoms with Gasteiger partial charge >= 0.3 is 12.0 Å². The predicted octanol–water partition coefficient (Wildman–Crippen LogP) is 3.24. The van der Waals surface area contributed by atoms with Gasteiger partial charge in [0.25, 0.3) is 11.8 Å². The third kappa shape index (κ3) is 3.87. The summed E-state index contributed by atoms with van der Waals surface area (Å²) >= 11 is 3.31. The van der Waals surface area contributed by atoms with Crippen LogP contribution in [0, 0.1) is 0 Å². The van der Waals surface area contributed by atoms with E-state index < -0.39 is 23.8 Å². The lowest BCUT2D eigenvalue weighted by molar-refractivity contribution is -0.141. The normalized spacial score (nSPS) is 15.5. The van der Waals surface area contributed by atoms with Gasteiger partial charge in [0.05, 0.1) is 12.8 Å². The van der Waals surface area contributed by atoms with Crippen LogP contribution in [0.3, 0.4) is 0 Å². The molecule has 1 fully saturated rings. The Labute approximate surface area is 185 Å². The van der Waals surface area contributed by atoms with Crippen LogP contribution in [-0.4, -0.2) is 35.5 Å². The number of imide groups is 2. The number of para-hydroxylation sites is 1. The van der Waals surface area contributed by atoms with Crippen LogP contribution in [0.15, 0.2) is 64.8 Å². The van der Waals surface area contributed by atoms with Gasteiger partial charge in [0.1, 0.15) is 12.1 Å². The molecule has 0 radical (unpaired) electrons. The molecule has 8 nitrogen and oxygen atoms in total. The molecule has 9 heteroatoms. The van der Waals surface area contributed by atoms with Gasteiger partial charge in [-0.1, -0.05) is 34.1 Å². The average molecular weight is 482 g/mol. The Balaban J connectivity index is 1.78. The van der Waals surface area contributed by atoms with Crippen LogP contribution in [0.25, 0.3) is 17.0 Å². The summed E-state index contributed by atoms with van der Waals surface area (Å²) in [4.78, 5) is 50.6. The maximum atomic E-state index is 13.1. The van der Waals surface area contributed by atoms with E-state index in [1.54, 1.807) is 35.0 Å². The lowest BCUT2D eigenvalue weighted by atomic mass is 10.1. The van der Waals surface area contributed by atoms with Crippen LogP contribution in [0.4, 0.5) is 10.5 Å². The Morgan fingerprint density at radius 2 is 1.81 bits per heavy atom. The van der Waals surface area contributed by atoms with Crippen LogP contribution >= 0.6 is 15.9 Å². The highest BCUT2D eigenvalue weighted by molar-refractivity contribution is 9.10. The number of carbonyl (C=O) groups is 4. The van der Waals surface area contributed by atoms with Gasteiger partial charge in [-0.2, -0.15) is 0 Å². The van der Waals surface area contributed by atoms with Gasteiger partial charge in [-0.05, 0) is 36.4 Å². The largest absolute Gasteiger partial charge is 0.468 e. The summed E-state index contributed by atoms with van der Waals surface area (Å²) in [6, 6.07) is 13.0. The molecule has 2 aromatic carbocycles. The summed E-state index contributed by atoms with van der Waals surface area (Å²) in [6.45, 7) is -0.0240. The number of hydrogen-bond donors (Lipinski definition) is 1. The molecule has 31 heavy (non-hydrogen) atoms. The highest BCUT2D eigenvalue weighted by atomic mass is 79.9. The van der Waals surface area contributed by atoms with Gasteiger partial charge in [-0.3, -0.25) is 19.7 Å². The zero-order valence-corrected chi connectivity index (χ0v) is 17.9. The Morgan fingerprint density at radius 1 is 1.10 bits per heavy atom. The molecule has 0 bridgehead atoms. The second-order valence-electron chi connectivity index (χ2n) is 6.74. The topological polar surface area (TPSA) is 97.7 Å². The maximum absolute atomic E-state index is 13.1. The van der Waals surface area contributed by atoms with Crippen LogP contribution in [0.2, 0.25) is 0 Å². The molecular formula is C22H16BrN3O5. The van der Waals surface area contributed by atoms with Crippen molar-refractivity contribution in [3.05, 3.63) is 70.3 Å². The monoisotopic (exact) mass is 481 g/mol. The summed E-state index contributed by atoms with van der Waals surface area (Å²) in [5.74, 6) is -1.95. The molecule has 1 saturated heterocycles. The fourth-order valence-electron chi connectivity index (χ4n) is 3.36. The molecule has 0 saturated carbocycles. The lowest BCUT2D eigenvalue weighted by Crippen LogP contribution is -2.54. The highest BCUT2D eigenvalue weighted by Gasteiger charge is 2.37. The molecule has 4 rings (SSSR count). The third-order valence-corrected chi connectivity index (χ3v) is 5.36. The molecule has 1 aromatic heterocycles. The van der Waals surface area contributed by atoms with Crippen molar-refractivity contribution in [2.45, 2.75) is 6.54 Å². The first kappa shape index (κ1) is 20.5. The molecule has 0 unspecified atom stereocenters. The highest BCUT2D eigenvalue weighted by Crippen LogP contribution is 2.27. The second kappa shape index (κ2) is 8.19. The molecule has 4 amide bonds.